The number of rotatable bonds is 4. The van der Waals surface area contributed by atoms with E-state index in [9.17, 15) is 28.7 Å². The number of amides is 1. The SMILES string of the molecule is COc1ccc2c(O)c(C(=O)NCc3ccc(F)cc3F)c(=O)n(O)c2n1. The fourth-order valence-corrected chi connectivity index (χ4v) is 2.46. The number of nitrogens with zero attached hydrogens (tertiary/aromatic N) is 2. The predicted molar refractivity (Wildman–Crippen MR) is 88.9 cm³/mol. The van der Waals surface area contributed by atoms with Crippen molar-refractivity contribution < 1.29 is 28.6 Å². The van der Waals surface area contributed by atoms with Crippen LogP contribution in [0.1, 0.15) is 15.9 Å². The Morgan fingerprint density at radius 3 is 2.70 bits per heavy atom. The van der Waals surface area contributed by atoms with Gasteiger partial charge in [-0.25, -0.2) is 8.78 Å². The molecule has 0 spiro atoms. The van der Waals surface area contributed by atoms with E-state index in [-0.39, 0.29) is 33.8 Å². The summed E-state index contributed by atoms with van der Waals surface area (Å²) in [7, 11) is 1.32. The maximum absolute atomic E-state index is 13.6. The average molecular weight is 377 g/mol. The van der Waals surface area contributed by atoms with Crippen molar-refractivity contribution in [2.24, 2.45) is 0 Å². The van der Waals surface area contributed by atoms with Crippen LogP contribution in [0.25, 0.3) is 11.0 Å². The van der Waals surface area contributed by atoms with Gasteiger partial charge < -0.3 is 20.4 Å². The van der Waals surface area contributed by atoms with Crippen molar-refractivity contribution in [3.05, 3.63) is 63.4 Å². The van der Waals surface area contributed by atoms with E-state index in [1.807, 2.05) is 0 Å². The zero-order valence-corrected chi connectivity index (χ0v) is 13.9. The first-order valence-corrected chi connectivity index (χ1v) is 7.57. The lowest BCUT2D eigenvalue weighted by atomic mass is 10.1. The summed E-state index contributed by atoms with van der Waals surface area (Å²) in [6.07, 6.45) is 0. The van der Waals surface area contributed by atoms with Crippen LogP contribution in [-0.2, 0) is 6.54 Å². The van der Waals surface area contributed by atoms with Crippen molar-refractivity contribution in [1.29, 1.82) is 0 Å². The molecule has 0 aliphatic carbocycles. The smallest absolute Gasteiger partial charge is 0.301 e. The van der Waals surface area contributed by atoms with Gasteiger partial charge in [-0.2, -0.15) is 4.98 Å². The molecule has 3 aromatic rings. The fraction of sp³-hybridized carbons (Fsp3) is 0.118. The number of carbonyl (C=O) groups excluding carboxylic acids is 1. The molecule has 27 heavy (non-hydrogen) atoms. The van der Waals surface area contributed by atoms with Gasteiger partial charge in [0.25, 0.3) is 5.91 Å². The second-order valence-electron chi connectivity index (χ2n) is 5.48. The maximum atomic E-state index is 13.6. The minimum atomic E-state index is -1.22. The third-order valence-corrected chi connectivity index (χ3v) is 3.84. The van der Waals surface area contributed by atoms with E-state index in [0.717, 1.165) is 12.1 Å². The molecule has 2 aromatic heterocycles. The molecule has 1 amide bonds. The third-order valence-electron chi connectivity index (χ3n) is 3.84. The summed E-state index contributed by atoms with van der Waals surface area (Å²) >= 11 is 0. The second kappa shape index (κ2) is 6.90. The Hall–Kier alpha value is -3.69. The molecule has 0 fully saturated rings. The Kier molecular flexibility index (Phi) is 4.63. The van der Waals surface area contributed by atoms with Crippen LogP contribution in [0.2, 0.25) is 0 Å². The van der Waals surface area contributed by atoms with Crippen molar-refractivity contribution in [3.8, 4) is 11.6 Å². The highest BCUT2D eigenvalue weighted by Gasteiger charge is 2.23. The van der Waals surface area contributed by atoms with Crippen LogP contribution in [0.5, 0.6) is 11.6 Å². The van der Waals surface area contributed by atoms with E-state index < -0.39 is 34.4 Å². The number of methoxy groups -OCH3 is 1. The molecule has 3 N–H and O–H groups in total. The van der Waals surface area contributed by atoms with Gasteiger partial charge in [0, 0.05) is 24.2 Å². The molecular formula is C17H13F2N3O5. The molecule has 0 bridgehead atoms. The summed E-state index contributed by atoms with van der Waals surface area (Å²) in [4.78, 5) is 28.4. The Morgan fingerprint density at radius 2 is 2.04 bits per heavy atom. The summed E-state index contributed by atoms with van der Waals surface area (Å²) in [6, 6.07) is 5.46. The van der Waals surface area contributed by atoms with Gasteiger partial charge in [-0.3, -0.25) is 9.59 Å². The highest BCUT2D eigenvalue weighted by molar-refractivity contribution is 6.01. The zero-order chi connectivity index (χ0) is 19.7. The van der Waals surface area contributed by atoms with Gasteiger partial charge in [0.15, 0.2) is 11.2 Å². The molecule has 8 nitrogen and oxygen atoms in total. The van der Waals surface area contributed by atoms with E-state index >= 15 is 0 Å². The van der Waals surface area contributed by atoms with Crippen LogP contribution in [0.15, 0.2) is 35.1 Å². The Labute approximate surface area is 150 Å². The quantitative estimate of drug-likeness (QED) is 0.595. The van der Waals surface area contributed by atoms with Gasteiger partial charge in [-0.05, 0) is 12.1 Å². The Balaban J connectivity index is 1.98. The lowest BCUT2D eigenvalue weighted by molar-refractivity contribution is 0.0940. The molecule has 0 aliphatic rings. The number of fused-ring (bicyclic) bond motifs is 1. The number of carbonyl (C=O) groups is 1. The molecule has 3 rings (SSSR count). The Bertz CT molecular complexity index is 1110. The monoisotopic (exact) mass is 377 g/mol. The summed E-state index contributed by atoms with van der Waals surface area (Å²) < 4.78 is 31.5. The summed E-state index contributed by atoms with van der Waals surface area (Å²) in [6.45, 7) is -0.367. The molecule has 140 valence electrons. The van der Waals surface area contributed by atoms with Gasteiger partial charge in [-0.15, -0.1) is 4.73 Å². The van der Waals surface area contributed by atoms with Crippen molar-refractivity contribution in [3.63, 3.8) is 0 Å². The fourth-order valence-electron chi connectivity index (χ4n) is 2.46. The van der Waals surface area contributed by atoms with Gasteiger partial charge in [0.2, 0.25) is 5.88 Å². The van der Waals surface area contributed by atoms with E-state index in [4.69, 9.17) is 4.74 Å². The number of pyridine rings is 2. The highest BCUT2D eigenvalue weighted by Crippen LogP contribution is 2.26. The summed E-state index contributed by atoms with van der Waals surface area (Å²) in [5.74, 6) is -3.34. The molecule has 0 saturated carbocycles. The zero-order valence-electron chi connectivity index (χ0n) is 13.9. The number of hydrogen-bond donors (Lipinski definition) is 3. The minimum Gasteiger partial charge on any atom is -0.506 e. The predicted octanol–water partition coefficient (Wildman–Crippen LogP) is 1.56. The van der Waals surface area contributed by atoms with Gasteiger partial charge >= 0.3 is 5.56 Å². The molecular weight excluding hydrogens is 364 g/mol. The normalized spacial score (nSPS) is 10.8. The standard InChI is InChI=1S/C17H13F2N3O5/c1-27-12-5-4-10-14(23)13(17(25)22(26)15(10)21-12)16(24)20-7-8-2-3-9(18)6-11(8)19/h2-6,23,26H,7H2,1H3,(H,20,24). The summed E-state index contributed by atoms with van der Waals surface area (Å²) in [5.41, 5.74) is -2.31. The number of nitrogens with one attached hydrogen (secondary N) is 1. The largest absolute Gasteiger partial charge is 0.506 e. The second-order valence-corrected chi connectivity index (χ2v) is 5.48. The molecule has 0 unspecified atom stereocenters. The van der Waals surface area contributed by atoms with Crippen LogP contribution in [-0.4, -0.2) is 33.0 Å². The number of ether oxygens (including phenoxy) is 1. The molecule has 0 atom stereocenters. The molecule has 0 saturated heterocycles. The number of halogens is 2. The lowest BCUT2D eigenvalue weighted by Gasteiger charge is -2.11. The molecule has 10 heteroatoms. The first-order chi connectivity index (χ1) is 12.8. The lowest BCUT2D eigenvalue weighted by Crippen LogP contribution is -2.33. The van der Waals surface area contributed by atoms with Crippen molar-refractivity contribution in [1.82, 2.24) is 15.0 Å². The topological polar surface area (TPSA) is 114 Å². The first-order valence-electron chi connectivity index (χ1n) is 7.57. The van der Waals surface area contributed by atoms with Crippen LogP contribution >= 0.6 is 0 Å². The van der Waals surface area contributed by atoms with Crippen LogP contribution in [0.3, 0.4) is 0 Å². The number of hydrogen-bond acceptors (Lipinski definition) is 6. The molecule has 0 aliphatic heterocycles. The van der Waals surface area contributed by atoms with E-state index in [1.165, 1.54) is 19.2 Å². The Morgan fingerprint density at radius 1 is 1.30 bits per heavy atom. The van der Waals surface area contributed by atoms with Crippen molar-refractivity contribution in [2.45, 2.75) is 6.54 Å². The number of benzene rings is 1. The van der Waals surface area contributed by atoms with Gasteiger partial charge in [0.1, 0.15) is 17.4 Å². The van der Waals surface area contributed by atoms with Crippen LogP contribution in [0.4, 0.5) is 8.78 Å². The van der Waals surface area contributed by atoms with Gasteiger partial charge in [-0.1, -0.05) is 6.07 Å². The molecule has 0 radical (unpaired) electrons. The number of aromatic nitrogens is 2. The van der Waals surface area contributed by atoms with Crippen molar-refractivity contribution in [2.75, 3.05) is 7.11 Å². The minimum absolute atomic E-state index is 0.0271. The van der Waals surface area contributed by atoms with E-state index in [1.54, 1.807) is 0 Å². The maximum Gasteiger partial charge on any atom is 0.301 e. The van der Waals surface area contributed by atoms with Crippen molar-refractivity contribution >= 4 is 16.9 Å². The van der Waals surface area contributed by atoms with Crippen LogP contribution in [0, 0.1) is 11.6 Å². The van der Waals surface area contributed by atoms with E-state index in [0.29, 0.717) is 6.07 Å². The van der Waals surface area contributed by atoms with Crippen LogP contribution < -0.4 is 15.6 Å². The molecule has 2 heterocycles. The average Bonchev–Trinajstić information content (AvgIpc) is 2.65. The highest BCUT2D eigenvalue weighted by atomic mass is 19.1. The first kappa shape index (κ1) is 18.1. The van der Waals surface area contributed by atoms with Gasteiger partial charge in [0.05, 0.1) is 12.5 Å². The third kappa shape index (κ3) is 3.24. The summed E-state index contributed by atoms with van der Waals surface area (Å²) in [5, 5.41) is 22.4. The molecule has 1 aromatic carbocycles. The number of aromatic hydroxyl groups is 1. The van der Waals surface area contributed by atoms with E-state index in [2.05, 4.69) is 10.3 Å².